The number of fused-ring (bicyclic) bond motifs is 4. The lowest BCUT2D eigenvalue weighted by atomic mass is 9.76. The van der Waals surface area contributed by atoms with Gasteiger partial charge in [0.2, 0.25) is 0 Å². The Kier molecular flexibility index (Phi) is 4.77. The predicted molar refractivity (Wildman–Crippen MR) is 115 cm³/mol. The maximum atomic E-state index is 13.0. The molecule has 1 fully saturated rings. The van der Waals surface area contributed by atoms with E-state index in [1.165, 1.54) is 6.20 Å². The lowest BCUT2D eigenvalue weighted by molar-refractivity contribution is 0.0523. The molecule has 2 aromatic heterocycles. The third-order valence-electron chi connectivity index (χ3n) is 6.49. The van der Waals surface area contributed by atoms with E-state index in [1.54, 1.807) is 24.1 Å². The summed E-state index contributed by atoms with van der Waals surface area (Å²) in [7, 11) is 1.64. The van der Waals surface area contributed by atoms with Crippen molar-refractivity contribution in [3.05, 3.63) is 86.5 Å². The molecule has 160 valence electrons. The summed E-state index contributed by atoms with van der Waals surface area (Å²) in [6.07, 6.45) is 3.02. The minimum atomic E-state index is -0.395. The van der Waals surface area contributed by atoms with E-state index in [2.05, 4.69) is 9.97 Å². The van der Waals surface area contributed by atoms with E-state index in [9.17, 15) is 14.4 Å². The number of carbonyl (C=O) groups is 1. The van der Waals surface area contributed by atoms with Crippen molar-refractivity contribution in [2.24, 2.45) is 5.92 Å². The minimum Gasteiger partial charge on any atom is -0.497 e. The van der Waals surface area contributed by atoms with Gasteiger partial charge in [-0.2, -0.15) is 0 Å². The van der Waals surface area contributed by atoms with E-state index in [0.29, 0.717) is 19.5 Å². The highest BCUT2D eigenvalue weighted by Crippen LogP contribution is 2.42. The van der Waals surface area contributed by atoms with Crippen molar-refractivity contribution in [3.63, 3.8) is 0 Å². The number of carbonyl (C=O) groups excluding carboxylic acids is 1. The Morgan fingerprint density at radius 2 is 2.00 bits per heavy atom. The standard InChI is InChI=1S/C23H24N4O4/c1-31-17-5-2-4-14(8-17)9-20-16-10-15(19-6-3-7-21(28)27(19)20)12-26(13-16)22(29)18-11-24-23(30)25-18/h2-8,11,15-16,20H,9-10,12-13H2,1H3,(H2,24,25,30)/t15-,16+,20+/m1/s1. The van der Waals surface area contributed by atoms with Gasteiger partial charge in [0.15, 0.2) is 0 Å². The Bertz CT molecular complexity index is 1240. The Hall–Kier alpha value is -3.55. The first-order valence-electron chi connectivity index (χ1n) is 10.4. The SMILES string of the molecule is COc1cccc(C[C@H]2[C@H]3C[C@H](CN(C(=O)c4c[nH]c(=O)[nH]4)C3)c3cccc(=O)n32)c1. The monoisotopic (exact) mass is 420 g/mol. The quantitative estimate of drug-likeness (QED) is 0.673. The molecule has 2 aliphatic heterocycles. The summed E-state index contributed by atoms with van der Waals surface area (Å²) < 4.78 is 7.29. The molecule has 0 aliphatic carbocycles. The van der Waals surface area contributed by atoms with Gasteiger partial charge in [-0.25, -0.2) is 4.79 Å². The van der Waals surface area contributed by atoms with Gasteiger partial charge in [0.25, 0.3) is 11.5 Å². The third kappa shape index (κ3) is 3.48. The molecule has 8 heteroatoms. The van der Waals surface area contributed by atoms with E-state index >= 15 is 0 Å². The van der Waals surface area contributed by atoms with Gasteiger partial charge >= 0.3 is 5.69 Å². The number of aromatic amines is 2. The molecule has 0 radical (unpaired) electrons. The molecular weight excluding hydrogens is 396 g/mol. The number of benzene rings is 1. The van der Waals surface area contributed by atoms with E-state index in [0.717, 1.165) is 23.4 Å². The highest BCUT2D eigenvalue weighted by Gasteiger charge is 2.42. The minimum absolute atomic E-state index is 0.00478. The molecule has 1 amide bonds. The fourth-order valence-electron chi connectivity index (χ4n) is 5.13. The number of ether oxygens (including phenoxy) is 1. The first kappa shape index (κ1) is 19.4. The molecule has 2 aliphatic rings. The van der Waals surface area contributed by atoms with Crippen LogP contribution in [-0.2, 0) is 6.42 Å². The zero-order chi connectivity index (χ0) is 21.5. The summed E-state index contributed by atoms with van der Waals surface area (Å²) in [5.74, 6) is 0.805. The second-order valence-electron chi connectivity index (χ2n) is 8.34. The predicted octanol–water partition coefficient (Wildman–Crippen LogP) is 1.92. The molecule has 8 nitrogen and oxygen atoms in total. The Labute approximate surface area is 178 Å². The van der Waals surface area contributed by atoms with Crippen LogP contribution in [-0.4, -0.2) is 45.5 Å². The van der Waals surface area contributed by atoms with Crippen molar-refractivity contribution in [3.8, 4) is 5.75 Å². The van der Waals surface area contributed by atoms with Gasteiger partial charge in [-0.1, -0.05) is 18.2 Å². The second kappa shape index (κ2) is 7.61. The van der Waals surface area contributed by atoms with Crippen LogP contribution in [0.5, 0.6) is 5.75 Å². The maximum absolute atomic E-state index is 13.0. The highest BCUT2D eigenvalue weighted by molar-refractivity contribution is 5.92. The Balaban J connectivity index is 1.52. The van der Waals surface area contributed by atoms with Gasteiger partial charge in [0, 0.05) is 43.0 Å². The van der Waals surface area contributed by atoms with Crippen molar-refractivity contribution in [2.45, 2.75) is 24.8 Å². The second-order valence-corrected chi connectivity index (χ2v) is 8.34. The number of H-pyrrole nitrogens is 2. The largest absolute Gasteiger partial charge is 0.497 e. The molecule has 1 saturated heterocycles. The van der Waals surface area contributed by atoms with Crippen LogP contribution < -0.4 is 16.0 Å². The van der Waals surface area contributed by atoms with Crippen LogP contribution in [0.3, 0.4) is 0 Å². The fourth-order valence-corrected chi connectivity index (χ4v) is 5.13. The number of methoxy groups -OCH3 is 1. The number of likely N-dealkylation sites (tertiary alicyclic amines) is 1. The number of piperidine rings is 1. The summed E-state index contributed by atoms with van der Waals surface area (Å²) in [5.41, 5.74) is 1.92. The van der Waals surface area contributed by atoms with E-state index in [1.807, 2.05) is 34.9 Å². The van der Waals surface area contributed by atoms with E-state index in [4.69, 9.17) is 4.74 Å². The van der Waals surface area contributed by atoms with Gasteiger partial charge in [-0.15, -0.1) is 0 Å². The van der Waals surface area contributed by atoms with E-state index < -0.39 is 5.69 Å². The topological polar surface area (TPSA) is 100 Å². The van der Waals surface area contributed by atoms with Crippen LogP contribution in [0.15, 0.2) is 58.3 Å². The van der Waals surface area contributed by atoms with E-state index in [-0.39, 0.29) is 35.0 Å². The van der Waals surface area contributed by atoms with Crippen LogP contribution in [0, 0.1) is 5.92 Å². The van der Waals surface area contributed by atoms with Crippen LogP contribution in [0.2, 0.25) is 0 Å². The number of amides is 1. The van der Waals surface area contributed by atoms with Gasteiger partial charge < -0.3 is 24.2 Å². The smallest absolute Gasteiger partial charge is 0.323 e. The van der Waals surface area contributed by atoms with Crippen LogP contribution >= 0.6 is 0 Å². The molecule has 2 N–H and O–H groups in total. The summed E-state index contributed by atoms with van der Waals surface area (Å²) in [6, 6.07) is 13.2. The average molecular weight is 420 g/mol. The number of nitrogens with zero attached hydrogens (tertiary/aromatic N) is 2. The van der Waals surface area contributed by atoms with Gasteiger partial charge in [-0.3, -0.25) is 9.59 Å². The zero-order valence-electron chi connectivity index (χ0n) is 17.2. The highest BCUT2D eigenvalue weighted by atomic mass is 16.5. The molecule has 0 spiro atoms. The Morgan fingerprint density at radius 3 is 2.77 bits per heavy atom. The van der Waals surface area contributed by atoms with Gasteiger partial charge in [0.05, 0.1) is 7.11 Å². The van der Waals surface area contributed by atoms with Crippen molar-refractivity contribution in [1.29, 1.82) is 0 Å². The lowest BCUT2D eigenvalue weighted by Gasteiger charge is -2.47. The van der Waals surface area contributed by atoms with Crippen LogP contribution in [0.4, 0.5) is 0 Å². The number of imidazole rings is 1. The van der Waals surface area contributed by atoms with Crippen molar-refractivity contribution in [2.75, 3.05) is 20.2 Å². The average Bonchev–Trinajstić information content (AvgIpc) is 3.22. The van der Waals surface area contributed by atoms with Crippen LogP contribution in [0.25, 0.3) is 0 Å². The number of hydrogen-bond acceptors (Lipinski definition) is 4. The van der Waals surface area contributed by atoms with Crippen molar-refractivity contribution < 1.29 is 9.53 Å². The van der Waals surface area contributed by atoms with Crippen molar-refractivity contribution in [1.82, 2.24) is 19.4 Å². The molecule has 4 heterocycles. The number of aromatic nitrogens is 3. The molecule has 3 aromatic rings. The summed E-state index contributed by atoms with van der Waals surface area (Å²) >= 11 is 0. The summed E-state index contributed by atoms with van der Waals surface area (Å²) in [5, 5.41) is 0. The lowest BCUT2D eigenvalue weighted by Crippen LogP contribution is -2.51. The molecule has 0 unspecified atom stereocenters. The normalized spacial score (nSPS) is 22.1. The molecule has 0 saturated carbocycles. The van der Waals surface area contributed by atoms with Crippen LogP contribution in [0.1, 0.15) is 40.1 Å². The number of hydrogen-bond donors (Lipinski definition) is 2. The summed E-state index contributed by atoms with van der Waals surface area (Å²) in [4.78, 5) is 44.2. The van der Waals surface area contributed by atoms with Gasteiger partial charge in [-0.05, 0) is 42.5 Å². The number of pyridine rings is 1. The summed E-state index contributed by atoms with van der Waals surface area (Å²) in [6.45, 7) is 1.07. The number of rotatable bonds is 4. The van der Waals surface area contributed by atoms with Crippen molar-refractivity contribution >= 4 is 5.91 Å². The maximum Gasteiger partial charge on any atom is 0.323 e. The Morgan fingerprint density at radius 1 is 1.16 bits per heavy atom. The first-order valence-corrected chi connectivity index (χ1v) is 10.4. The third-order valence-corrected chi connectivity index (χ3v) is 6.49. The first-order chi connectivity index (χ1) is 15.0. The molecule has 3 atom stereocenters. The number of nitrogens with one attached hydrogen (secondary N) is 2. The van der Waals surface area contributed by atoms with Gasteiger partial charge in [0.1, 0.15) is 11.4 Å². The molecule has 2 bridgehead atoms. The molecule has 1 aromatic carbocycles. The molecule has 5 rings (SSSR count). The fraction of sp³-hybridized carbons (Fsp3) is 0.348. The molecular formula is C23H24N4O4. The zero-order valence-corrected chi connectivity index (χ0v) is 17.2. The molecule has 31 heavy (non-hydrogen) atoms.